The SMILES string of the molecule is Cc1ccc(C(=O)N(C2CC2)[C@H](C)CS(C)(=O)=O)c(C)c1. The maximum Gasteiger partial charge on any atom is 0.254 e. The van der Waals surface area contributed by atoms with Gasteiger partial charge in [-0.3, -0.25) is 4.79 Å². The van der Waals surface area contributed by atoms with Gasteiger partial charge in [0.1, 0.15) is 9.84 Å². The quantitative estimate of drug-likeness (QED) is 0.839. The monoisotopic (exact) mass is 309 g/mol. The second kappa shape index (κ2) is 5.79. The van der Waals surface area contributed by atoms with Gasteiger partial charge in [-0.2, -0.15) is 0 Å². The molecule has 2 rings (SSSR count). The third kappa shape index (κ3) is 4.06. The van der Waals surface area contributed by atoms with Crippen LogP contribution in [0.3, 0.4) is 0 Å². The summed E-state index contributed by atoms with van der Waals surface area (Å²) < 4.78 is 23.0. The number of hydrogen-bond acceptors (Lipinski definition) is 3. The lowest BCUT2D eigenvalue weighted by atomic mass is 10.0. The summed E-state index contributed by atoms with van der Waals surface area (Å²) >= 11 is 0. The van der Waals surface area contributed by atoms with E-state index in [-0.39, 0.29) is 23.7 Å². The van der Waals surface area contributed by atoms with Crippen LogP contribution in [0.5, 0.6) is 0 Å². The summed E-state index contributed by atoms with van der Waals surface area (Å²) in [6.07, 6.45) is 3.14. The number of hydrogen-bond donors (Lipinski definition) is 0. The van der Waals surface area contributed by atoms with Crippen LogP contribution in [0.4, 0.5) is 0 Å². The van der Waals surface area contributed by atoms with E-state index in [1.54, 1.807) is 4.90 Å². The Hall–Kier alpha value is -1.36. The molecule has 0 bridgehead atoms. The highest BCUT2D eigenvalue weighted by Crippen LogP contribution is 2.31. The lowest BCUT2D eigenvalue weighted by molar-refractivity contribution is 0.0692. The molecule has 1 aliphatic carbocycles. The molecule has 116 valence electrons. The van der Waals surface area contributed by atoms with Gasteiger partial charge in [0.2, 0.25) is 0 Å². The van der Waals surface area contributed by atoms with Crippen molar-refractivity contribution in [2.24, 2.45) is 0 Å². The minimum Gasteiger partial charge on any atom is -0.332 e. The third-order valence-corrected chi connectivity index (χ3v) is 4.89. The molecule has 0 aromatic heterocycles. The summed E-state index contributed by atoms with van der Waals surface area (Å²) in [6.45, 7) is 5.74. The molecule has 1 atom stereocenters. The number of benzene rings is 1. The molecule has 0 aliphatic heterocycles. The highest BCUT2D eigenvalue weighted by Gasteiger charge is 2.37. The third-order valence-electron chi connectivity index (χ3n) is 3.81. The van der Waals surface area contributed by atoms with Crippen LogP contribution in [-0.2, 0) is 9.84 Å². The first-order valence-electron chi connectivity index (χ1n) is 7.26. The topological polar surface area (TPSA) is 54.5 Å². The van der Waals surface area contributed by atoms with Crippen LogP contribution < -0.4 is 0 Å². The number of amides is 1. The molecule has 1 fully saturated rings. The lowest BCUT2D eigenvalue weighted by Crippen LogP contribution is -2.44. The Morgan fingerprint density at radius 2 is 1.95 bits per heavy atom. The fourth-order valence-electron chi connectivity index (χ4n) is 2.79. The van der Waals surface area contributed by atoms with E-state index >= 15 is 0 Å². The smallest absolute Gasteiger partial charge is 0.254 e. The van der Waals surface area contributed by atoms with Crippen molar-refractivity contribution in [1.82, 2.24) is 4.90 Å². The molecule has 1 saturated carbocycles. The molecule has 1 aliphatic rings. The van der Waals surface area contributed by atoms with Crippen LogP contribution in [-0.4, -0.2) is 43.3 Å². The largest absolute Gasteiger partial charge is 0.332 e. The maximum absolute atomic E-state index is 12.8. The summed E-state index contributed by atoms with van der Waals surface area (Å²) in [5.41, 5.74) is 2.73. The minimum atomic E-state index is -3.10. The van der Waals surface area contributed by atoms with Gasteiger partial charge in [0.05, 0.1) is 5.75 Å². The van der Waals surface area contributed by atoms with Gasteiger partial charge in [-0.05, 0) is 45.2 Å². The fourth-order valence-corrected chi connectivity index (χ4v) is 3.83. The molecule has 0 radical (unpaired) electrons. The Morgan fingerprint density at radius 3 is 2.43 bits per heavy atom. The molecular weight excluding hydrogens is 286 g/mol. The van der Waals surface area contributed by atoms with Crippen LogP contribution in [0.2, 0.25) is 0 Å². The predicted molar refractivity (Wildman–Crippen MR) is 84.3 cm³/mol. The number of carbonyl (C=O) groups is 1. The Labute approximate surface area is 127 Å². The predicted octanol–water partition coefficient (Wildman–Crippen LogP) is 2.34. The van der Waals surface area contributed by atoms with Gasteiger partial charge in [0.25, 0.3) is 5.91 Å². The van der Waals surface area contributed by atoms with Crippen LogP contribution >= 0.6 is 0 Å². The van der Waals surface area contributed by atoms with Crippen LogP contribution in [0.1, 0.15) is 41.3 Å². The summed E-state index contributed by atoms with van der Waals surface area (Å²) in [7, 11) is -3.10. The summed E-state index contributed by atoms with van der Waals surface area (Å²) in [6, 6.07) is 5.65. The standard InChI is InChI=1S/C16H23NO3S/c1-11-5-8-15(12(2)9-11)16(18)17(14-6-7-14)13(3)10-21(4,19)20/h5,8-9,13-14H,6-7,10H2,1-4H3/t13-/m1/s1. The van der Waals surface area contributed by atoms with Gasteiger partial charge in [-0.25, -0.2) is 8.42 Å². The molecule has 1 aromatic rings. The summed E-state index contributed by atoms with van der Waals surface area (Å²) in [4.78, 5) is 14.6. The zero-order valence-corrected chi connectivity index (χ0v) is 13.9. The van der Waals surface area contributed by atoms with Gasteiger partial charge in [0, 0.05) is 23.9 Å². The van der Waals surface area contributed by atoms with Gasteiger partial charge in [-0.1, -0.05) is 17.7 Å². The molecule has 0 saturated heterocycles. The van der Waals surface area contributed by atoms with Crippen molar-refractivity contribution in [1.29, 1.82) is 0 Å². The highest BCUT2D eigenvalue weighted by atomic mass is 32.2. The maximum atomic E-state index is 12.8. The molecule has 5 heteroatoms. The van der Waals surface area contributed by atoms with E-state index in [0.29, 0.717) is 5.56 Å². The Morgan fingerprint density at radius 1 is 1.33 bits per heavy atom. The van der Waals surface area contributed by atoms with Gasteiger partial charge in [0.15, 0.2) is 0 Å². The molecule has 0 heterocycles. The Bertz CT molecular complexity index is 647. The first-order valence-corrected chi connectivity index (χ1v) is 9.33. The number of aryl methyl sites for hydroxylation is 2. The zero-order valence-electron chi connectivity index (χ0n) is 13.1. The van der Waals surface area contributed by atoms with Crippen LogP contribution in [0, 0.1) is 13.8 Å². The zero-order chi connectivity index (χ0) is 15.8. The fraction of sp³-hybridized carbons (Fsp3) is 0.562. The molecule has 1 aromatic carbocycles. The highest BCUT2D eigenvalue weighted by molar-refractivity contribution is 7.90. The van der Waals surface area contributed by atoms with Gasteiger partial charge >= 0.3 is 0 Å². The van der Waals surface area contributed by atoms with E-state index in [1.165, 1.54) is 6.26 Å². The first-order chi connectivity index (χ1) is 9.69. The van der Waals surface area contributed by atoms with Crippen molar-refractivity contribution in [2.45, 2.75) is 45.7 Å². The average Bonchev–Trinajstić information content (AvgIpc) is 3.10. The van der Waals surface area contributed by atoms with Gasteiger partial charge in [-0.15, -0.1) is 0 Å². The minimum absolute atomic E-state index is 0.0140. The molecular formula is C16H23NO3S. The molecule has 1 amide bonds. The number of carbonyl (C=O) groups excluding carboxylic acids is 1. The van der Waals surface area contributed by atoms with E-state index in [2.05, 4.69) is 0 Å². The first kappa shape index (κ1) is 16.0. The van der Waals surface area contributed by atoms with E-state index in [1.807, 2.05) is 39.0 Å². The van der Waals surface area contributed by atoms with E-state index < -0.39 is 9.84 Å². The lowest BCUT2D eigenvalue weighted by Gasteiger charge is -2.29. The second-order valence-electron chi connectivity index (χ2n) is 6.20. The number of nitrogens with zero attached hydrogens (tertiary/aromatic N) is 1. The van der Waals surface area contributed by atoms with Crippen molar-refractivity contribution >= 4 is 15.7 Å². The van der Waals surface area contributed by atoms with Crippen LogP contribution in [0.25, 0.3) is 0 Å². The number of rotatable bonds is 5. The van der Waals surface area contributed by atoms with E-state index in [9.17, 15) is 13.2 Å². The molecule has 0 N–H and O–H groups in total. The van der Waals surface area contributed by atoms with Crippen molar-refractivity contribution in [3.05, 3.63) is 34.9 Å². The van der Waals surface area contributed by atoms with Crippen molar-refractivity contribution in [2.75, 3.05) is 12.0 Å². The Kier molecular flexibility index (Phi) is 4.42. The summed E-state index contributed by atoms with van der Waals surface area (Å²) in [5, 5.41) is 0. The van der Waals surface area contributed by atoms with Crippen molar-refractivity contribution < 1.29 is 13.2 Å². The molecule has 0 unspecified atom stereocenters. The second-order valence-corrected chi connectivity index (χ2v) is 8.39. The summed E-state index contributed by atoms with van der Waals surface area (Å²) in [5.74, 6) is -0.0358. The molecule has 0 spiro atoms. The average molecular weight is 309 g/mol. The van der Waals surface area contributed by atoms with E-state index in [0.717, 1.165) is 24.0 Å². The molecule has 4 nitrogen and oxygen atoms in total. The van der Waals surface area contributed by atoms with Crippen LogP contribution in [0.15, 0.2) is 18.2 Å². The normalized spacial score (nSPS) is 16.6. The van der Waals surface area contributed by atoms with E-state index in [4.69, 9.17) is 0 Å². The van der Waals surface area contributed by atoms with Gasteiger partial charge < -0.3 is 4.90 Å². The number of sulfone groups is 1. The molecule has 21 heavy (non-hydrogen) atoms. The Balaban J connectivity index is 2.27. The van der Waals surface area contributed by atoms with Crippen molar-refractivity contribution in [3.8, 4) is 0 Å². The van der Waals surface area contributed by atoms with Crippen molar-refractivity contribution in [3.63, 3.8) is 0 Å².